The second kappa shape index (κ2) is 13.5. The van der Waals surface area contributed by atoms with Crippen LogP contribution in [0.5, 0.6) is 0 Å². The summed E-state index contributed by atoms with van der Waals surface area (Å²) in [5, 5.41) is 0. The van der Waals surface area contributed by atoms with Crippen LogP contribution in [0.4, 0.5) is 0 Å². The Balaban J connectivity index is 1.32. The van der Waals surface area contributed by atoms with Gasteiger partial charge in [-0.25, -0.2) is 4.79 Å². The lowest BCUT2D eigenvalue weighted by atomic mass is 9.75. The molecular weight excluding hydrogens is 414 g/mol. The van der Waals surface area contributed by atoms with E-state index in [2.05, 4.69) is 25.3 Å². The fraction of sp³-hybridized carbons (Fsp3) is 0.857. The van der Waals surface area contributed by atoms with Crippen LogP contribution >= 0.6 is 0 Å². The maximum absolute atomic E-state index is 12.3. The minimum atomic E-state index is -0.308. The maximum Gasteiger partial charge on any atom is 0.330 e. The molecule has 5 heteroatoms. The molecule has 6 atom stereocenters. The van der Waals surface area contributed by atoms with Crippen LogP contribution < -0.4 is 0 Å². The van der Waals surface area contributed by atoms with Crippen molar-refractivity contribution in [3.63, 3.8) is 0 Å². The number of fused-ring (bicyclic) bond motifs is 5. The van der Waals surface area contributed by atoms with Crippen LogP contribution in [0.3, 0.4) is 0 Å². The SMILES string of the molecule is C=CC(=O)OCCC1CC2C3CC(CCOC(=O)CCN(CCCC)CCCC)C(C3)C2C1. The molecule has 5 nitrogen and oxygen atoms in total. The molecule has 0 amide bonds. The van der Waals surface area contributed by atoms with E-state index in [0.29, 0.717) is 25.6 Å². The monoisotopic (exact) mass is 461 g/mol. The van der Waals surface area contributed by atoms with Gasteiger partial charge >= 0.3 is 11.9 Å². The summed E-state index contributed by atoms with van der Waals surface area (Å²) in [6, 6.07) is 0. The molecule has 0 aliphatic heterocycles. The molecule has 3 fully saturated rings. The minimum absolute atomic E-state index is 0.0240. The first-order valence-corrected chi connectivity index (χ1v) is 13.7. The molecule has 0 radical (unpaired) electrons. The van der Waals surface area contributed by atoms with Gasteiger partial charge in [0.2, 0.25) is 0 Å². The zero-order valence-electron chi connectivity index (χ0n) is 21.1. The first-order valence-electron chi connectivity index (χ1n) is 13.7. The van der Waals surface area contributed by atoms with Crippen LogP contribution in [-0.2, 0) is 19.1 Å². The predicted molar refractivity (Wildman–Crippen MR) is 132 cm³/mol. The normalized spacial score (nSPS) is 29.9. The summed E-state index contributed by atoms with van der Waals surface area (Å²) in [6.45, 7) is 12.0. The molecule has 188 valence electrons. The average molecular weight is 462 g/mol. The van der Waals surface area contributed by atoms with Crippen LogP contribution in [0, 0.1) is 35.5 Å². The minimum Gasteiger partial charge on any atom is -0.466 e. The van der Waals surface area contributed by atoms with Crippen LogP contribution in [0.2, 0.25) is 0 Å². The van der Waals surface area contributed by atoms with E-state index >= 15 is 0 Å². The highest BCUT2D eigenvalue weighted by atomic mass is 16.5. The second-order valence-electron chi connectivity index (χ2n) is 10.8. The molecule has 0 saturated heterocycles. The highest BCUT2D eigenvalue weighted by Gasteiger charge is 2.55. The average Bonchev–Trinajstić information content (AvgIpc) is 3.50. The third-order valence-corrected chi connectivity index (χ3v) is 8.68. The Hall–Kier alpha value is -1.36. The summed E-state index contributed by atoms with van der Waals surface area (Å²) >= 11 is 0. The van der Waals surface area contributed by atoms with Gasteiger partial charge in [0.1, 0.15) is 0 Å². The zero-order valence-corrected chi connectivity index (χ0v) is 21.1. The Morgan fingerprint density at radius 2 is 1.58 bits per heavy atom. The topological polar surface area (TPSA) is 55.8 Å². The van der Waals surface area contributed by atoms with E-state index in [1.54, 1.807) is 0 Å². The van der Waals surface area contributed by atoms with Crippen molar-refractivity contribution in [3.05, 3.63) is 12.7 Å². The van der Waals surface area contributed by atoms with Gasteiger partial charge in [0, 0.05) is 12.6 Å². The molecule has 0 spiro atoms. The summed E-state index contributed by atoms with van der Waals surface area (Å²) in [4.78, 5) is 26.0. The van der Waals surface area contributed by atoms with Gasteiger partial charge in [0.15, 0.2) is 0 Å². The van der Waals surface area contributed by atoms with Gasteiger partial charge in [-0.05, 0) is 100.0 Å². The number of unbranched alkanes of at least 4 members (excludes halogenated alkanes) is 2. The van der Waals surface area contributed by atoms with Gasteiger partial charge in [-0.2, -0.15) is 0 Å². The fourth-order valence-electron chi connectivity index (χ4n) is 7.02. The number of nitrogens with zero attached hydrogens (tertiary/aromatic N) is 1. The van der Waals surface area contributed by atoms with E-state index in [-0.39, 0.29) is 11.9 Å². The quantitative estimate of drug-likeness (QED) is 0.220. The first-order chi connectivity index (χ1) is 16.0. The molecule has 0 aromatic carbocycles. The van der Waals surface area contributed by atoms with E-state index in [4.69, 9.17) is 9.47 Å². The lowest BCUT2D eigenvalue weighted by Gasteiger charge is -2.31. The molecule has 2 bridgehead atoms. The summed E-state index contributed by atoms with van der Waals surface area (Å²) in [5.74, 6) is 4.50. The molecule has 33 heavy (non-hydrogen) atoms. The van der Waals surface area contributed by atoms with Crippen molar-refractivity contribution in [2.24, 2.45) is 35.5 Å². The smallest absolute Gasteiger partial charge is 0.330 e. The molecule has 0 N–H and O–H groups in total. The Kier molecular flexibility index (Phi) is 10.7. The van der Waals surface area contributed by atoms with Gasteiger partial charge in [-0.3, -0.25) is 4.79 Å². The van der Waals surface area contributed by atoms with Crippen LogP contribution in [0.25, 0.3) is 0 Å². The van der Waals surface area contributed by atoms with Gasteiger partial charge in [0.05, 0.1) is 19.6 Å². The van der Waals surface area contributed by atoms with Crippen molar-refractivity contribution in [1.29, 1.82) is 0 Å². The number of hydrogen-bond donors (Lipinski definition) is 0. The number of carbonyl (C=O) groups excluding carboxylic acids is 2. The number of hydrogen-bond acceptors (Lipinski definition) is 5. The van der Waals surface area contributed by atoms with E-state index < -0.39 is 0 Å². The highest BCUT2D eigenvalue weighted by molar-refractivity contribution is 5.81. The summed E-state index contributed by atoms with van der Waals surface area (Å²) in [5.41, 5.74) is 0. The van der Waals surface area contributed by atoms with Crippen LogP contribution in [-0.4, -0.2) is 49.7 Å². The number of ether oxygens (including phenoxy) is 2. The second-order valence-corrected chi connectivity index (χ2v) is 10.8. The lowest BCUT2D eigenvalue weighted by Crippen LogP contribution is -2.29. The Morgan fingerprint density at radius 3 is 2.27 bits per heavy atom. The molecule has 0 aromatic rings. The maximum atomic E-state index is 12.3. The highest BCUT2D eigenvalue weighted by Crippen LogP contribution is 2.63. The van der Waals surface area contributed by atoms with E-state index in [1.165, 1.54) is 57.4 Å². The van der Waals surface area contributed by atoms with Gasteiger partial charge in [0.25, 0.3) is 0 Å². The molecule has 3 aliphatic rings. The zero-order chi connectivity index (χ0) is 23.6. The number of carbonyl (C=O) groups is 2. The fourth-order valence-corrected chi connectivity index (χ4v) is 7.02. The van der Waals surface area contributed by atoms with Crippen molar-refractivity contribution in [1.82, 2.24) is 4.90 Å². The summed E-state index contributed by atoms with van der Waals surface area (Å²) < 4.78 is 10.9. The molecule has 0 aromatic heterocycles. The van der Waals surface area contributed by atoms with Gasteiger partial charge in [-0.15, -0.1) is 0 Å². The Morgan fingerprint density at radius 1 is 0.879 bits per heavy atom. The molecule has 3 aliphatic carbocycles. The van der Waals surface area contributed by atoms with Crippen molar-refractivity contribution >= 4 is 11.9 Å². The summed E-state index contributed by atoms with van der Waals surface area (Å²) in [7, 11) is 0. The standard InChI is InChI=1S/C28H47NO4/c1-4-7-12-29(13-8-5-2)14-9-28(31)33-16-11-22-19-23-20-25(22)26-18-21(17-24(23)26)10-15-32-27(30)6-3/h6,21-26H,3-5,7-20H2,1-2H3. The third kappa shape index (κ3) is 7.56. The number of rotatable bonds is 16. The van der Waals surface area contributed by atoms with Crippen molar-refractivity contribution in [2.45, 2.75) is 84.5 Å². The van der Waals surface area contributed by atoms with E-state index in [9.17, 15) is 9.59 Å². The van der Waals surface area contributed by atoms with Crippen molar-refractivity contribution in [2.75, 3.05) is 32.8 Å². The molecule has 3 saturated carbocycles. The molecule has 6 unspecified atom stereocenters. The number of esters is 2. The Bertz CT molecular complexity index is 627. The lowest BCUT2D eigenvalue weighted by molar-refractivity contribution is -0.144. The first kappa shape index (κ1) is 26.2. The van der Waals surface area contributed by atoms with E-state index in [0.717, 1.165) is 62.1 Å². The van der Waals surface area contributed by atoms with Gasteiger partial charge in [-0.1, -0.05) is 33.3 Å². The van der Waals surface area contributed by atoms with Gasteiger partial charge < -0.3 is 14.4 Å². The van der Waals surface area contributed by atoms with Crippen LogP contribution in [0.1, 0.15) is 84.5 Å². The molecule has 3 rings (SSSR count). The Labute approximate surface area is 201 Å². The van der Waals surface area contributed by atoms with E-state index in [1.807, 2.05) is 0 Å². The molecular formula is C28H47NO4. The summed E-state index contributed by atoms with van der Waals surface area (Å²) in [6.07, 6.45) is 13.9. The predicted octanol–water partition coefficient (Wildman–Crippen LogP) is 5.63. The largest absolute Gasteiger partial charge is 0.466 e. The van der Waals surface area contributed by atoms with Crippen LogP contribution in [0.15, 0.2) is 12.7 Å². The van der Waals surface area contributed by atoms with Crippen molar-refractivity contribution in [3.8, 4) is 0 Å². The molecule has 0 heterocycles. The van der Waals surface area contributed by atoms with Crippen molar-refractivity contribution < 1.29 is 19.1 Å². The third-order valence-electron chi connectivity index (χ3n) is 8.68.